The fraction of sp³-hybridized carbons (Fsp3) is 0.500. The van der Waals surface area contributed by atoms with Gasteiger partial charge in [-0.25, -0.2) is 0 Å². The summed E-state index contributed by atoms with van der Waals surface area (Å²) < 4.78 is 5.63. The van der Waals surface area contributed by atoms with Crippen LogP contribution in [0.2, 0.25) is 0 Å². The predicted octanol–water partition coefficient (Wildman–Crippen LogP) is 0.851. The highest BCUT2D eigenvalue weighted by molar-refractivity contribution is 5.23. The molecule has 0 aliphatic carbocycles. The van der Waals surface area contributed by atoms with Gasteiger partial charge >= 0.3 is 0 Å². The molecule has 1 radical (unpaired) electrons. The number of ether oxygens (including phenoxy) is 1. The number of aromatic nitrogens is 1. The van der Waals surface area contributed by atoms with Crippen LogP contribution in [0.25, 0.3) is 0 Å². The number of aryl methyl sites for hydroxylation is 1. The van der Waals surface area contributed by atoms with E-state index in [1.54, 1.807) is 6.20 Å². The third-order valence-electron chi connectivity index (χ3n) is 2.27. The number of pyridine rings is 1. The Morgan fingerprint density at radius 2 is 2.62 bits per heavy atom. The Balaban J connectivity index is 2.18. The zero-order valence-electron chi connectivity index (χ0n) is 7.71. The van der Waals surface area contributed by atoms with Crippen molar-refractivity contribution >= 4 is 0 Å². The van der Waals surface area contributed by atoms with Crippen molar-refractivity contribution in [2.75, 3.05) is 19.7 Å². The Kier molecular flexibility index (Phi) is 2.57. The average molecular weight is 177 g/mol. The summed E-state index contributed by atoms with van der Waals surface area (Å²) in [5.41, 5.74) is 2.28. The fourth-order valence-electron chi connectivity index (χ4n) is 1.56. The van der Waals surface area contributed by atoms with Crippen LogP contribution in [0.4, 0.5) is 0 Å². The molecule has 1 aliphatic heterocycles. The van der Waals surface area contributed by atoms with E-state index >= 15 is 0 Å². The first kappa shape index (κ1) is 8.66. The molecule has 1 unspecified atom stereocenters. The van der Waals surface area contributed by atoms with E-state index in [0.717, 1.165) is 25.3 Å². The van der Waals surface area contributed by atoms with Crippen molar-refractivity contribution in [2.45, 2.75) is 13.0 Å². The monoisotopic (exact) mass is 177 g/mol. The predicted molar refractivity (Wildman–Crippen MR) is 49.4 cm³/mol. The van der Waals surface area contributed by atoms with Crippen LogP contribution in [-0.4, -0.2) is 24.7 Å². The van der Waals surface area contributed by atoms with Crippen molar-refractivity contribution in [3.63, 3.8) is 0 Å². The molecule has 1 aliphatic rings. The summed E-state index contributed by atoms with van der Waals surface area (Å²) in [6.45, 7) is 4.63. The largest absolute Gasteiger partial charge is 0.371 e. The standard InChI is InChI=1S/C10H13N2O/c1-8-6-11-3-2-9(8)10-7-12-4-5-13-10/h2-3,10,12H,4-5,7H2,1H3. The van der Waals surface area contributed by atoms with Crippen molar-refractivity contribution in [3.8, 4) is 0 Å². The fourth-order valence-corrected chi connectivity index (χ4v) is 1.56. The van der Waals surface area contributed by atoms with Crippen LogP contribution >= 0.6 is 0 Å². The first-order chi connectivity index (χ1) is 6.38. The van der Waals surface area contributed by atoms with E-state index in [0.29, 0.717) is 0 Å². The summed E-state index contributed by atoms with van der Waals surface area (Å²) >= 11 is 0. The minimum Gasteiger partial charge on any atom is -0.371 e. The molecule has 0 spiro atoms. The van der Waals surface area contributed by atoms with Gasteiger partial charge in [0.25, 0.3) is 0 Å². The molecule has 0 saturated carbocycles. The lowest BCUT2D eigenvalue weighted by molar-refractivity contribution is 0.0272. The normalized spacial score (nSPS) is 23.0. The summed E-state index contributed by atoms with van der Waals surface area (Å²) in [6.07, 6.45) is 4.88. The highest BCUT2D eigenvalue weighted by Crippen LogP contribution is 2.20. The molecular formula is C10H13N2O. The average Bonchev–Trinajstić information content (AvgIpc) is 2.20. The SMILES string of the molecule is Cc1[c]nccc1C1CNCCO1. The molecule has 69 valence electrons. The van der Waals surface area contributed by atoms with Gasteiger partial charge in [0.1, 0.15) is 0 Å². The number of morpholine rings is 1. The highest BCUT2D eigenvalue weighted by atomic mass is 16.5. The molecule has 13 heavy (non-hydrogen) atoms. The van der Waals surface area contributed by atoms with Crippen LogP contribution in [0.15, 0.2) is 12.3 Å². The van der Waals surface area contributed by atoms with E-state index in [1.165, 1.54) is 5.56 Å². The summed E-state index contributed by atoms with van der Waals surface area (Å²) in [7, 11) is 0. The minimum absolute atomic E-state index is 0.174. The Morgan fingerprint density at radius 3 is 3.31 bits per heavy atom. The first-order valence-corrected chi connectivity index (χ1v) is 4.53. The second kappa shape index (κ2) is 3.85. The van der Waals surface area contributed by atoms with Crippen molar-refractivity contribution in [3.05, 3.63) is 29.6 Å². The molecule has 1 aromatic rings. The number of nitrogens with one attached hydrogen (secondary N) is 1. The maximum atomic E-state index is 5.63. The molecule has 3 heteroatoms. The second-order valence-corrected chi connectivity index (χ2v) is 3.20. The molecule has 0 bridgehead atoms. The zero-order chi connectivity index (χ0) is 9.10. The van der Waals surface area contributed by atoms with E-state index in [4.69, 9.17) is 4.74 Å². The topological polar surface area (TPSA) is 34.2 Å². The molecule has 0 amide bonds. The van der Waals surface area contributed by atoms with Gasteiger partial charge < -0.3 is 10.1 Å². The van der Waals surface area contributed by atoms with Gasteiger partial charge in [-0.2, -0.15) is 0 Å². The summed E-state index contributed by atoms with van der Waals surface area (Å²) in [6, 6.07) is 2.00. The summed E-state index contributed by atoms with van der Waals surface area (Å²) in [4.78, 5) is 3.94. The Labute approximate surface area is 78.1 Å². The van der Waals surface area contributed by atoms with Crippen LogP contribution in [0.3, 0.4) is 0 Å². The minimum atomic E-state index is 0.174. The summed E-state index contributed by atoms with van der Waals surface area (Å²) in [5.74, 6) is 0. The Bertz CT molecular complexity index is 282. The summed E-state index contributed by atoms with van der Waals surface area (Å²) in [5, 5.41) is 3.30. The quantitative estimate of drug-likeness (QED) is 0.690. The van der Waals surface area contributed by atoms with Crippen LogP contribution < -0.4 is 5.32 Å². The lowest BCUT2D eigenvalue weighted by Crippen LogP contribution is -2.33. The van der Waals surface area contributed by atoms with Gasteiger partial charge in [-0.05, 0) is 24.1 Å². The van der Waals surface area contributed by atoms with Gasteiger partial charge in [-0.15, -0.1) is 0 Å². The Hall–Kier alpha value is -0.930. The lowest BCUT2D eigenvalue weighted by atomic mass is 10.1. The molecule has 0 aromatic carbocycles. The van der Waals surface area contributed by atoms with Crippen LogP contribution in [0, 0.1) is 13.1 Å². The molecular weight excluding hydrogens is 164 g/mol. The van der Waals surface area contributed by atoms with Gasteiger partial charge in [0.15, 0.2) is 0 Å². The number of hydrogen-bond donors (Lipinski definition) is 1. The van der Waals surface area contributed by atoms with Gasteiger partial charge in [-0.1, -0.05) is 0 Å². The van der Waals surface area contributed by atoms with E-state index in [2.05, 4.69) is 16.5 Å². The number of nitrogens with zero attached hydrogens (tertiary/aromatic N) is 1. The maximum absolute atomic E-state index is 5.63. The number of hydrogen-bond acceptors (Lipinski definition) is 3. The smallest absolute Gasteiger partial charge is 0.0953 e. The number of rotatable bonds is 1. The van der Waals surface area contributed by atoms with Gasteiger partial charge in [0.05, 0.1) is 18.9 Å². The van der Waals surface area contributed by atoms with E-state index < -0.39 is 0 Å². The second-order valence-electron chi connectivity index (χ2n) is 3.20. The van der Waals surface area contributed by atoms with Crippen LogP contribution in [0.5, 0.6) is 0 Å². The van der Waals surface area contributed by atoms with Gasteiger partial charge in [0.2, 0.25) is 0 Å². The van der Waals surface area contributed by atoms with Gasteiger partial charge in [-0.3, -0.25) is 4.98 Å². The van der Waals surface area contributed by atoms with Crippen molar-refractivity contribution < 1.29 is 4.74 Å². The van der Waals surface area contributed by atoms with Crippen molar-refractivity contribution in [2.24, 2.45) is 0 Å². The molecule has 1 fully saturated rings. The van der Waals surface area contributed by atoms with Crippen LogP contribution in [-0.2, 0) is 4.74 Å². The molecule has 2 rings (SSSR count). The molecule has 1 N–H and O–H groups in total. The molecule has 1 saturated heterocycles. The molecule has 2 heterocycles. The van der Waals surface area contributed by atoms with Crippen LogP contribution in [0.1, 0.15) is 17.2 Å². The van der Waals surface area contributed by atoms with E-state index in [9.17, 15) is 0 Å². The Morgan fingerprint density at radius 1 is 1.69 bits per heavy atom. The van der Waals surface area contributed by atoms with Gasteiger partial charge in [0, 0.05) is 19.3 Å². The maximum Gasteiger partial charge on any atom is 0.0953 e. The zero-order valence-corrected chi connectivity index (χ0v) is 7.71. The van der Waals surface area contributed by atoms with Crippen molar-refractivity contribution in [1.29, 1.82) is 0 Å². The van der Waals surface area contributed by atoms with E-state index in [1.807, 2.05) is 13.0 Å². The third-order valence-corrected chi connectivity index (χ3v) is 2.27. The molecule has 1 atom stereocenters. The van der Waals surface area contributed by atoms with E-state index in [-0.39, 0.29) is 6.10 Å². The first-order valence-electron chi connectivity index (χ1n) is 4.53. The molecule has 1 aromatic heterocycles. The lowest BCUT2D eigenvalue weighted by Gasteiger charge is -2.24. The highest BCUT2D eigenvalue weighted by Gasteiger charge is 2.16. The van der Waals surface area contributed by atoms with Crippen molar-refractivity contribution in [1.82, 2.24) is 10.3 Å². The molecule has 3 nitrogen and oxygen atoms in total. The third kappa shape index (κ3) is 1.87.